The molecule has 4 N–H and O–H groups in total. The van der Waals surface area contributed by atoms with Gasteiger partial charge in [-0.1, -0.05) is 43.3 Å². The number of halogens is 2. The van der Waals surface area contributed by atoms with Crippen LogP contribution in [0.4, 0.5) is 14.5 Å². The lowest BCUT2D eigenvalue weighted by atomic mass is 9.91. The fourth-order valence-corrected chi connectivity index (χ4v) is 4.59. The number of carbonyl (C=O) groups excluding carboxylic acids is 2. The summed E-state index contributed by atoms with van der Waals surface area (Å²) >= 11 is 0. The van der Waals surface area contributed by atoms with Crippen molar-refractivity contribution >= 4 is 23.6 Å². The van der Waals surface area contributed by atoms with Gasteiger partial charge in [-0.05, 0) is 80.3 Å². The monoisotopic (exact) mass is 563 g/mol. The molecule has 0 atom stereocenters. The summed E-state index contributed by atoms with van der Waals surface area (Å²) in [5.74, 6) is -3.82. The van der Waals surface area contributed by atoms with Gasteiger partial charge in [0.05, 0.1) is 7.11 Å². The van der Waals surface area contributed by atoms with E-state index < -0.39 is 24.2 Å². The van der Waals surface area contributed by atoms with Crippen LogP contribution in [0.1, 0.15) is 59.8 Å². The Morgan fingerprint density at radius 1 is 1.05 bits per heavy atom. The molecule has 0 fully saturated rings. The Balaban J connectivity index is 1.90. The average Bonchev–Trinajstić information content (AvgIpc) is 2.93. The molecule has 3 aromatic carbocycles. The Morgan fingerprint density at radius 2 is 1.73 bits per heavy atom. The number of hydrogen-bond donors (Lipinski definition) is 4. The largest absolute Gasteiger partial charge is 0.496 e. The molecule has 0 saturated carbocycles. The van der Waals surface area contributed by atoms with Crippen molar-refractivity contribution in [1.82, 2.24) is 10.8 Å². The minimum Gasteiger partial charge on any atom is -0.496 e. The molecule has 41 heavy (non-hydrogen) atoms. The van der Waals surface area contributed by atoms with E-state index >= 15 is 0 Å². The number of aryl methyl sites for hydroxylation is 2. The smallest absolute Gasteiger partial charge is 0.275 e. The Bertz CT molecular complexity index is 1490. The van der Waals surface area contributed by atoms with Gasteiger partial charge in [0.1, 0.15) is 11.4 Å². The van der Waals surface area contributed by atoms with Crippen LogP contribution in [0, 0.1) is 13.8 Å². The first-order valence-corrected chi connectivity index (χ1v) is 13.1. The quantitative estimate of drug-likeness (QED) is 0.156. The molecular formula is C32H35F2N3O4. The number of benzene rings is 3. The van der Waals surface area contributed by atoms with Gasteiger partial charge < -0.3 is 15.4 Å². The summed E-state index contributed by atoms with van der Waals surface area (Å²) in [6, 6.07) is 14.4. The average molecular weight is 564 g/mol. The van der Waals surface area contributed by atoms with Crippen LogP contribution in [0.25, 0.3) is 17.2 Å². The number of methoxy groups -OCH3 is 1. The van der Waals surface area contributed by atoms with Crippen LogP contribution in [0.5, 0.6) is 5.75 Å². The summed E-state index contributed by atoms with van der Waals surface area (Å²) in [4.78, 5) is 26.1. The molecule has 9 heteroatoms. The SMILES string of the molecule is C/C=C/c1cc(C)c(-c2cc(C(=O)N/C(C)=C(\NO)C(=O)Nc3cccc(C(F)(F)CC)c3)ccc2OC)c(C)c1. The number of hydrogen-bond acceptors (Lipinski definition) is 5. The highest BCUT2D eigenvalue weighted by molar-refractivity contribution is 6.05. The van der Waals surface area contributed by atoms with Crippen LogP contribution in [0.2, 0.25) is 0 Å². The third-order valence-corrected chi connectivity index (χ3v) is 6.65. The predicted molar refractivity (Wildman–Crippen MR) is 157 cm³/mol. The lowest BCUT2D eigenvalue weighted by Crippen LogP contribution is -2.31. The van der Waals surface area contributed by atoms with E-state index in [0.717, 1.165) is 33.9 Å². The molecule has 7 nitrogen and oxygen atoms in total. The van der Waals surface area contributed by atoms with Crippen molar-refractivity contribution in [3.63, 3.8) is 0 Å². The highest BCUT2D eigenvalue weighted by Gasteiger charge is 2.29. The summed E-state index contributed by atoms with van der Waals surface area (Å²) in [5.41, 5.74) is 6.36. The molecule has 0 saturated heterocycles. The number of ether oxygens (including phenoxy) is 1. The molecular weight excluding hydrogens is 528 g/mol. The van der Waals surface area contributed by atoms with E-state index in [2.05, 4.69) is 22.8 Å². The minimum absolute atomic E-state index is 0.0190. The Labute approximate surface area is 238 Å². The topological polar surface area (TPSA) is 99.7 Å². The van der Waals surface area contributed by atoms with Crippen molar-refractivity contribution < 1.29 is 28.3 Å². The second-order valence-corrected chi connectivity index (χ2v) is 9.60. The van der Waals surface area contributed by atoms with Crippen molar-refractivity contribution in [2.45, 2.75) is 47.0 Å². The van der Waals surface area contributed by atoms with Crippen molar-refractivity contribution in [3.05, 3.63) is 99.9 Å². The molecule has 0 heterocycles. The lowest BCUT2D eigenvalue weighted by molar-refractivity contribution is -0.114. The van der Waals surface area contributed by atoms with E-state index in [1.54, 1.807) is 30.8 Å². The maximum atomic E-state index is 14.1. The first-order chi connectivity index (χ1) is 19.4. The summed E-state index contributed by atoms with van der Waals surface area (Å²) in [6.07, 6.45) is 3.58. The molecule has 0 aliphatic heterocycles. The number of allylic oxidation sites excluding steroid dienone is 2. The van der Waals surface area contributed by atoms with Crippen LogP contribution >= 0.6 is 0 Å². The highest BCUT2D eigenvalue weighted by Crippen LogP contribution is 2.36. The van der Waals surface area contributed by atoms with Crippen LogP contribution in [0.15, 0.2) is 72.1 Å². The number of alkyl halides is 2. The minimum atomic E-state index is -3.05. The van der Waals surface area contributed by atoms with Gasteiger partial charge in [0.25, 0.3) is 17.7 Å². The van der Waals surface area contributed by atoms with Gasteiger partial charge in [0.15, 0.2) is 0 Å². The van der Waals surface area contributed by atoms with Gasteiger partial charge in [-0.25, -0.2) is 8.78 Å². The number of nitrogens with one attached hydrogen (secondary N) is 3. The normalized spacial score (nSPS) is 12.1. The van der Waals surface area contributed by atoms with E-state index in [0.29, 0.717) is 11.3 Å². The second-order valence-electron chi connectivity index (χ2n) is 9.60. The van der Waals surface area contributed by atoms with Crippen LogP contribution in [-0.2, 0) is 10.7 Å². The molecule has 2 amide bonds. The number of anilines is 1. The highest BCUT2D eigenvalue weighted by atomic mass is 19.3. The predicted octanol–water partition coefficient (Wildman–Crippen LogP) is 7.09. The summed E-state index contributed by atoms with van der Waals surface area (Å²) in [6.45, 7) is 8.73. The van der Waals surface area contributed by atoms with Crippen molar-refractivity contribution in [2.24, 2.45) is 0 Å². The van der Waals surface area contributed by atoms with Crippen LogP contribution in [0.3, 0.4) is 0 Å². The van der Waals surface area contributed by atoms with E-state index in [4.69, 9.17) is 4.74 Å². The van der Waals surface area contributed by atoms with Crippen molar-refractivity contribution in [1.29, 1.82) is 0 Å². The van der Waals surface area contributed by atoms with Crippen LogP contribution < -0.4 is 20.9 Å². The Hall–Kier alpha value is -4.50. The third-order valence-electron chi connectivity index (χ3n) is 6.65. The van der Waals surface area contributed by atoms with Gasteiger partial charge in [-0.15, -0.1) is 0 Å². The number of carbonyl (C=O) groups is 2. The number of amides is 2. The molecule has 0 unspecified atom stereocenters. The lowest BCUT2D eigenvalue weighted by Gasteiger charge is -2.17. The second kappa shape index (κ2) is 13.2. The molecule has 3 rings (SSSR count). The number of rotatable bonds is 10. The van der Waals surface area contributed by atoms with E-state index in [9.17, 15) is 23.6 Å². The zero-order chi connectivity index (χ0) is 30.3. The number of hydroxylamine groups is 1. The molecule has 0 bridgehead atoms. The van der Waals surface area contributed by atoms with Gasteiger partial charge in [0, 0.05) is 34.5 Å². The molecule has 0 aliphatic rings. The van der Waals surface area contributed by atoms with Gasteiger partial charge in [-0.2, -0.15) is 0 Å². The third kappa shape index (κ3) is 7.18. The summed E-state index contributed by atoms with van der Waals surface area (Å²) in [5, 5.41) is 14.8. The summed E-state index contributed by atoms with van der Waals surface area (Å²) < 4.78 is 33.8. The Morgan fingerprint density at radius 3 is 2.32 bits per heavy atom. The fourth-order valence-electron chi connectivity index (χ4n) is 4.59. The molecule has 3 aromatic rings. The van der Waals surface area contributed by atoms with Gasteiger partial charge in [0.2, 0.25) is 0 Å². The van der Waals surface area contributed by atoms with Crippen molar-refractivity contribution in [2.75, 3.05) is 12.4 Å². The van der Waals surface area contributed by atoms with Gasteiger partial charge >= 0.3 is 0 Å². The standard InChI is InChI=1S/C32H35F2N3O4/c1-7-10-22-15-19(3)28(20(4)16-22)26-17-23(13-14-27(26)41-6)30(38)35-21(5)29(37-40)31(39)36-25-12-9-11-24(18-25)32(33,34)8-2/h7,9-18,37,40H,8H2,1-6H3,(H,35,38)(H,36,39)/b10-7+,29-21-. The van der Waals surface area contributed by atoms with E-state index in [1.807, 2.05) is 32.9 Å². The van der Waals surface area contributed by atoms with E-state index in [-0.39, 0.29) is 22.6 Å². The zero-order valence-electron chi connectivity index (χ0n) is 24.0. The fraction of sp³-hybridized carbons (Fsp3) is 0.250. The molecule has 0 aromatic heterocycles. The van der Waals surface area contributed by atoms with E-state index in [1.165, 1.54) is 32.0 Å². The van der Waals surface area contributed by atoms with Crippen LogP contribution in [-0.4, -0.2) is 24.1 Å². The first-order valence-electron chi connectivity index (χ1n) is 13.1. The summed E-state index contributed by atoms with van der Waals surface area (Å²) in [7, 11) is 1.56. The Kier molecular flexibility index (Phi) is 10.0. The molecule has 0 spiro atoms. The van der Waals surface area contributed by atoms with Gasteiger partial charge in [-0.3, -0.25) is 20.3 Å². The first kappa shape index (κ1) is 31.0. The zero-order valence-corrected chi connectivity index (χ0v) is 24.0. The van der Waals surface area contributed by atoms with Crippen molar-refractivity contribution in [3.8, 4) is 16.9 Å². The maximum absolute atomic E-state index is 14.1. The molecule has 216 valence electrons. The molecule has 0 aliphatic carbocycles. The molecule has 0 radical (unpaired) electrons. The maximum Gasteiger partial charge on any atom is 0.275 e.